The van der Waals surface area contributed by atoms with E-state index in [1.807, 2.05) is 23.0 Å². The lowest BCUT2D eigenvalue weighted by molar-refractivity contribution is 0.0944. The van der Waals surface area contributed by atoms with Crippen molar-refractivity contribution in [3.05, 3.63) is 48.8 Å². The maximum absolute atomic E-state index is 14.2. The maximum Gasteiger partial charge on any atom is 0.167 e. The fourth-order valence-electron chi connectivity index (χ4n) is 5.59. The second kappa shape index (κ2) is 8.20. The molecule has 1 aromatic carbocycles. The van der Waals surface area contributed by atoms with Crippen LogP contribution in [0.15, 0.2) is 43.0 Å². The van der Waals surface area contributed by atoms with Crippen molar-refractivity contribution in [2.24, 2.45) is 5.41 Å². The van der Waals surface area contributed by atoms with Crippen molar-refractivity contribution in [1.29, 1.82) is 0 Å². The zero-order valence-electron chi connectivity index (χ0n) is 19.7. The van der Waals surface area contributed by atoms with Crippen LogP contribution in [-0.2, 0) is 0 Å². The molecule has 2 fully saturated rings. The number of hydrogen-bond acceptors (Lipinski definition) is 6. The lowest BCUT2D eigenvalue weighted by Crippen LogP contribution is -2.46. The Bertz CT molecular complexity index is 1350. The van der Waals surface area contributed by atoms with Gasteiger partial charge in [-0.3, -0.25) is 4.98 Å². The fourth-order valence-corrected chi connectivity index (χ4v) is 5.59. The van der Waals surface area contributed by atoms with Crippen LogP contribution < -0.4 is 9.64 Å². The molecule has 3 aromatic heterocycles. The van der Waals surface area contributed by atoms with E-state index in [4.69, 9.17) is 9.72 Å². The Morgan fingerprint density at radius 1 is 0.971 bits per heavy atom. The van der Waals surface area contributed by atoms with E-state index in [0.29, 0.717) is 10.9 Å². The molecule has 2 saturated heterocycles. The second-order valence-corrected chi connectivity index (χ2v) is 9.79. The highest BCUT2D eigenvalue weighted by Gasteiger charge is 2.37. The van der Waals surface area contributed by atoms with Crippen molar-refractivity contribution in [2.75, 3.05) is 45.2 Å². The van der Waals surface area contributed by atoms with E-state index in [2.05, 4.69) is 33.1 Å². The summed E-state index contributed by atoms with van der Waals surface area (Å²) in [5, 5.41) is 5.41. The predicted octanol–water partition coefficient (Wildman–Crippen LogP) is 4.40. The number of likely N-dealkylation sites (tertiary alicyclic amines) is 1. The molecule has 2 aliphatic rings. The third-order valence-electron chi connectivity index (χ3n) is 7.89. The Kier molecular flexibility index (Phi) is 5.13. The van der Waals surface area contributed by atoms with Gasteiger partial charge in [0.1, 0.15) is 0 Å². The van der Waals surface area contributed by atoms with Gasteiger partial charge in [-0.2, -0.15) is 5.10 Å². The Morgan fingerprint density at radius 3 is 2.50 bits per heavy atom. The third-order valence-corrected chi connectivity index (χ3v) is 7.89. The Hall–Kier alpha value is -3.26. The lowest BCUT2D eigenvalue weighted by atomic mass is 9.71. The van der Waals surface area contributed by atoms with Crippen molar-refractivity contribution in [3.8, 4) is 16.9 Å². The van der Waals surface area contributed by atoms with Crippen molar-refractivity contribution in [2.45, 2.75) is 25.7 Å². The van der Waals surface area contributed by atoms with Gasteiger partial charge in [0.25, 0.3) is 0 Å². The first-order chi connectivity index (χ1) is 16.5. The first kappa shape index (κ1) is 21.3. The topological polar surface area (TPSA) is 58.8 Å². The van der Waals surface area contributed by atoms with Gasteiger partial charge < -0.3 is 14.5 Å². The molecule has 7 nitrogen and oxygen atoms in total. The number of methoxy groups -OCH3 is 1. The number of anilines is 1. The molecule has 8 heteroatoms. The number of benzene rings is 1. The van der Waals surface area contributed by atoms with Crippen LogP contribution in [0, 0.1) is 11.2 Å². The van der Waals surface area contributed by atoms with E-state index < -0.39 is 5.82 Å². The van der Waals surface area contributed by atoms with E-state index in [9.17, 15) is 4.39 Å². The summed E-state index contributed by atoms with van der Waals surface area (Å²) >= 11 is 0. The van der Waals surface area contributed by atoms with Crippen molar-refractivity contribution < 1.29 is 9.13 Å². The first-order valence-corrected chi connectivity index (χ1v) is 11.9. The highest BCUT2D eigenvalue weighted by molar-refractivity contribution is 5.98. The summed E-state index contributed by atoms with van der Waals surface area (Å²) < 4.78 is 21.2. The number of ether oxygens (including phenoxy) is 1. The molecule has 4 aromatic rings. The Balaban J connectivity index is 1.29. The molecule has 0 amide bonds. The number of hydrogen-bond donors (Lipinski definition) is 0. The monoisotopic (exact) mass is 460 g/mol. The van der Waals surface area contributed by atoms with Crippen LogP contribution in [0.5, 0.6) is 5.75 Å². The molecule has 0 aliphatic carbocycles. The van der Waals surface area contributed by atoms with Gasteiger partial charge in [-0.25, -0.2) is 13.9 Å². The fraction of sp³-hybridized carbons (Fsp3) is 0.423. The van der Waals surface area contributed by atoms with Crippen LogP contribution >= 0.6 is 0 Å². The third kappa shape index (κ3) is 3.57. The number of halogens is 1. The molecule has 2 aliphatic heterocycles. The molecule has 0 N–H and O–H groups in total. The molecule has 0 bridgehead atoms. The molecule has 6 rings (SSSR count). The molecule has 0 saturated carbocycles. The number of rotatable bonds is 3. The number of aromatic nitrogens is 4. The van der Waals surface area contributed by atoms with Crippen molar-refractivity contribution in [3.63, 3.8) is 0 Å². The van der Waals surface area contributed by atoms with Crippen LogP contribution in [-0.4, -0.2) is 64.8 Å². The summed E-state index contributed by atoms with van der Waals surface area (Å²) in [5.41, 5.74) is 4.75. The molecule has 0 radical (unpaired) electrons. The summed E-state index contributed by atoms with van der Waals surface area (Å²) in [6.07, 6.45) is 12.6. The number of fused-ring (bicyclic) bond motifs is 2. The summed E-state index contributed by atoms with van der Waals surface area (Å²) in [5.74, 6) is -0.230. The van der Waals surface area contributed by atoms with E-state index in [0.717, 1.165) is 40.9 Å². The Labute approximate surface area is 198 Å². The van der Waals surface area contributed by atoms with E-state index >= 15 is 0 Å². The van der Waals surface area contributed by atoms with Gasteiger partial charge in [0, 0.05) is 36.3 Å². The summed E-state index contributed by atoms with van der Waals surface area (Å²) in [7, 11) is 3.69. The first-order valence-electron chi connectivity index (χ1n) is 11.9. The van der Waals surface area contributed by atoms with Gasteiger partial charge in [0.05, 0.1) is 36.9 Å². The molecule has 5 heterocycles. The van der Waals surface area contributed by atoms with Gasteiger partial charge in [-0.05, 0) is 68.9 Å². The zero-order chi connectivity index (χ0) is 23.3. The molecular weight excluding hydrogens is 431 g/mol. The SMILES string of the molecule is COc1cc2c(-c3cnn4cc(N5CCC6(CCN(C)CC6)CC5)cnc34)ccnc2cc1F. The van der Waals surface area contributed by atoms with Gasteiger partial charge in [0.15, 0.2) is 17.2 Å². The molecule has 34 heavy (non-hydrogen) atoms. The zero-order valence-corrected chi connectivity index (χ0v) is 19.7. The molecule has 1 spiro atoms. The molecule has 0 atom stereocenters. The van der Waals surface area contributed by atoms with E-state index in [1.165, 1.54) is 51.9 Å². The van der Waals surface area contributed by atoms with Crippen molar-refractivity contribution in [1.82, 2.24) is 24.5 Å². The van der Waals surface area contributed by atoms with Crippen LogP contribution in [0.3, 0.4) is 0 Å². The van der Waals surface area contributed by atoms with Gasteiger partial charge in [-0.15, -0.1) is 0 Å². The minimum atomic E-state index is -0.425. The molecular formula is C26H29FN6O. The van der Waals surface area contributed by atoms with Crippen LogP contribution in [0.4, 0.5) is 10.1 Å². The maximum atomic E-state index is 14.2. The predicted molar refractivity (Wildman–Crippen MR) is 131 cm³/mol. The van der Waals surface area contributed by atoms with Crippen LogP contribution in [0.25, 0.3) is 27.7 Å². The van der Waals surface area contributed by atoms with E-state index in [1.54, 1.807) is 12.3 Å². The average Bonchev–Trinajstić information content (AvgIpc) is 3.29. The Morgan fingerprint density at radius 2 is 1.74 bits per heavy atom. The summed E-state index contributed by atoms with van der Waals surface area (Å²) in [4.78, 5) is 14.0. The van der Waals surface area contributed by atoms with Gasteiger partial charge >= 0.3 is 0 Å². The summed E-state index contributed by atoms with van der Waals surface area (Å²) in [6, 6.07) is 5.01. The molecule has 0 unspecified atom stereocenters. The number of nitrogens with zero attached hydrogens (tertiary/aromatic N) is 6. The molecule has 176 valence electrons. The largest absolute Gasteiger partial charge is 0.494 e. The standard InChI is InChI=1S/C26H29FN6O/c1-31-9-4-26(5-10-31)6-11-32(12-7-26)18-15-29-25-21(16-30-33(25)17-18)19-3-8-28-23-14-22(27)24(34-2)13-20(19)23/h3,8,13-17H,4-7,9-12H2,1-2H3. The van der Waals surface area contributed by atoms with Gasteiger partial charge in [0.2, 0.25) is 0 Å². The lowest BCUT2D eigenvalue weighted by Gasteiger charge is -2.46. The quantitative estimate of drug-likeness (QED) is 0.452. The number of pyridine rings is 1. The minimum Gasteiger partial charge on any atom is -0.494 e. The highest BCUT2D eigenvalue weighted by Crippen LogP contribution is 2.42. The normalized spacial score (nSPS) is 18.7. The van der Waals surface area contributed by atoms with Crippen molar-refractivity contribution >= 4 is 22.2 Å². The minimum absolute atomic E-state index is 0.195. The highest BCUT2D eigenvalue weighted by atomic mass is 19.1. The van der Waals surface area contributed by atoms with E-state index in [-0.39, 0.29) is 5.75 Å². The van der Waals surface area contributed by atoms with Crippen LogP contribution in [0.2, 0.25) is 0 Å². The second-order valence-electron chi connectivity index (χ2n) is 9.79. The smallest absolute Gasteiger partial charge is 0.167 e. The number of piperidine rings is 2. The summed E-state index contributed by atoms with van der Waals surface area (Å²) in [6.45, 7) is 4.55. The average molecular weight is 461 g/mol. The van der Waals surface area contributed by atoms with Crippen LogP contribution in [0.1, 0.15) is 25.7 Å². The van der Waals surface area contributed by atoms with Gasteiger partial charge in [-0.1, -0.05) is 0 Å².